The zero-order valence-corrected chi connectivity index (χ0v) is 11.0. The minimum atomic E-state index is -0.687. The molecule has 0 radical (unpaired) electrons. The van der Waals surface area contributed by atoms with E-state index in [9.17, 15) is 14.9 Å². The van der Waals surface area contributed by atoms with Gasteiger partial charge in [-0.3, -0.25) is 14.9 Å². The average molecular weight is 286 g/mol. The molecule has 1 saturated heterocycles. The number of hydrogen-bond acceptors (Lipinski definition) is 5. The maximum atomic E-state index is 12.4. The molecule has 0 aliphatic carbocycles. The van der Waals surface area contributed by atoms with Crippen molar-refractivity contribution in [2.24, 2.45) is 0 Å². The van der Waals surface area contributed by atoms with Crippen molar-refractivity contribution in [3.63, 3.8) is 0 Å². The van der Waals surface area contributed by atoms with E-state index in [0.29, 0.717) is 19.8 Å². The van der Waals surface area contributed by atoms with Crippen LogP contribution >= 0.6 is 11.6 Å². The summed E-state index contributed by atoms with van der Waals surface area (Å²) in [6.45, 7) is 3.06. The lowest BCUT2D eigenvalue weighted by Crippen LogP contribution is -2.47. The summed E-state index contributed by atoms with van der Waals surface area (Å²) in [6, 6.07) is 1.18. The van der Waals surface area contributed by atoms with Crippen molar-refractivity contribution in [2.45, 2.75) is 13.0 Å². The number of hydrogen-bond donors (Lipinski definition) is 0. The molecule has 2 heterocycles. The van der Waals surface area contributed by atoms with Crippen LogP contribution < -0.4 is 0 Å². The van der Waals surface area contributed by atoms with Crippen molar-refractivity contribution < 1.29 is 14.5 Å². The highest BCUT2D eigenvalue weighted by Crippen LogP contribution is 2.27. The Morgan fingerprint density at radius 1 is 1.68 bits per heavy atom. The first-order valence-electron chi connectivity index (χ1n) is 5.70. The van der Waals surface area contributed by atoms with Gasteiger partial charge in [-0.2, -0.15) is 0 Å². The summed E-state index contributed by atoms with van der Waals surface area (Å²) >= 11 is 5.70. The molecule has 0 unspecified atom stereocenters. The second kappa shape index (κ2) is 5.50. The van der Waals surface area contributed by atoms with Crippen LogP contribution in [0.15, 0.2) is 12.3 Å². The summed E-state index contributed by atoms with van der Waals surface area (Å²) in [6.07, 6.45) is 1.29. The van der Waals surface area contributed by atoms with E-state index in [-0.39, 0.29) is 16.8 Å². The van der Waals surface area contributed by atoms with Gasteiger partial charge in [-0.1, -0.05) is 11.6 Å². The Balaban J connectivity index is 2.38. The molecule has 102 valence electrons. The third-order valence-electron chi connectivity index (χ3n) is 2.92. The van der Waals surface area contributed by atoms with Gasteiger partial charge in [0.2, 0.25) is 5.15 Å². The molecule has 0 aromatic carbocycles. The van der Waals surface area contributed by atoms with Crippen molar-refractivity contribution >= 4 is 23.2 Å². The zero-order chi connectivity index (χ0) is 14.0. The number of carbonyl (C=O) groups is 1. The molecular weight excluding hydrogens is 274 g/mol. The first-order valence-corrected chi connectivity index (χ1v) is 6.07. The second-order valence-electron chi connectivity index (χ2n) is 4.18. The fourth-order valence-electron chi connectivity index (χ4n) is 1.96. The second-order valence-corrected chi connectivity index (χ2v) is 4.54. The lowest BCUT2D eigenvalue weighted by atomic mass is 10.1. The van der Waals surface area contributed by atoms with E-state index < -0.39 is 16.5 Å². The highest BCUT2D eigenvalue weighted by Gasteiger charge is 2.31. The molecule has 2 rings (SSSR count). The minimum Gasteiger partial charge on any atom is -0.377 e. The predicted molar refractivity (Wildman–Crippen MR) is 67.2 cm³/mol. The summed E-state index contributed by atoms with van der Waals surface area (Å²) in [7, 11) is 0. The molecule has 1 atom stereocenters. The van der Waals surface area contributed by atoms with Crippen LogP contribution in [-0.4, -0.2) is 46.5 Å². The van der Waals surface area contributed by atoms with Gasteiger partial charge in [0.1, 0.15) is 5.56 Å². The predicted octanol–water partition coefficient (Wildman–Crippen LogP) is 1.50. The number of ether oxygens (including phenoxy) is 1. The van der Waals surface area contributed by atoms with Crippen LogP contribution in [0.4, 0.5) is 5.69 Å². The normalized spacial score (nSPS) is 19.3. The molecule has 0 spiro atoms. The largest absolute Gasteiger partial charge is 0.377 e. The molecule has 1 aromatic heterocycles. The molecule has 0 N–H and O–H groups in total. The molecule has 1 fully saturated rings. The van der Waals surface area contributed by atoms with Crippen LogP contribution in [0.5, 0.6) is 0 Å². The SMILES string of the molecule is C[C@@H]1COCCN1C(=O)c1ccnc(Cl)c1[N+](=O)[O-]. The number of amides is 1. The van der Waals surface area contributed by atoms with Gasteiger partial charge in [-0.25, -0.2) is 4.98 Å². The monoisotopic (exact) mass is 285 g/mol. The summed E-state index contributed by atoms with van der Waals surface area (Å²) in [5.41, 5.74) is -0.494. The number of morpholine rings is 1. The number of carbonyl (C=O) groups excluding carboxylic acids is 1. The molecule has 0 saturated carbocycles. The van der Waals surface area contributed by atoms with Gasteiger partial charge in [0.05, 0.1) is 24.2 Å². The summed E-state index contributed by atoms with van der Waals surface area (Å²) in [5, 5.41) is 10.7. The van der Waals surface area contributed by atoms with E-state index >= 15 is 0 Å². The Hall–Kier alpha value is -1.73. The fraction of sp³-hybridized carbons (Fsp3) is 0.455. The van der Waals surface area contributed by atoms with Gasteiger partial charge in [0, 0.05) is 12.7 Å². The number of aromatic nitrogens is 1. The number of nitro groups is 1. The first kappa shape index (κ1) is 13.7. The Morgan fingerprint density at radius 2 is 2.42 bits per heavy atom. The lowest BCUT2D eigenvalue weighted by molar-refractivity contribution is -0.385. The van der Waals surface area contributed by atoms with Crippen molar-refractivity contribution in [1.29, 1.82) is 0 Å². The summed E-state index contributed by atoms with van der Waals surface area (Å²) in [4.78, 5) is 27.9. The third kappa shape index (κ3) is 2.66. The number of pyridine rings is 1. The first-order chi connectivity index (χ1) is 9.02. The highest BCUT2D eigenvalue weighted by atomic mass is 35.5. The Morgan fingerprint density at radius 3 is 3.05 bits per heavy atom. The summed E-state index contributed by atoms with van der Waals surface area (Å²) in [5.74, 6) is -0.424. The molecule has 7 nitrogen and oxygen atoms in total. The molecule has 8 heteroatoms. The molecule has 0 bridgehead atoms. The Kier molecular flexibility index (Phi) is 3.96. The highest BCUT2D eigenvalue weighted by molar-refractivity contribution is 6.32. The molecule has 1 aromatic rings. The van der Waals surface area contributed by atoms with Crippen molar-refractivity contribution in [3.8, 4) is 0 Å². The van der Waals surface area contributed by atoms with Crippen LogP contribution in [0.1, 0.15) is 17.3 Å². The van der Waals surface area contributed by atoms with Gasteiger partial charge in [-0.05, 0) is 13.0 Å². The zero-order valence-electron chi connectivity index (χ0n) is 10.2. The number of nitrogens with zero attached hydrogens (tertiary/aromatic N) is 3. The molecular formula is C11H12ClN3O4. The maximum absolute atomic E-state index is 12.4. The van der Waals surface area contributed by atoms with E-state index in [1.54, 1.807) is 4.90 Å². The molecule has 19 heavy (non-hydrogen) atoms. The number of halogens is 1. The molecule has 1 aliphatic rings. The maximum Gasteiger partial charge on any atom is 0.319 e. The Labute approximate surface area is 114 Å². The van der Waals surface area contributed by atoms with Crippen LogP contribution in [0.25, 0.3) is 0 Å². The topological polar surface area (TPSA) is 85.6 Å². The van der Waals surface area contributed by atoms with Crippen LogP contribution in [-0.2, 0) is 4.74 Å². The average Bonchev–Trinajstić information content (AvgIpc) is 2.37. The van der Waals surface area contributed by atoms with E-state index in [2.05, 4.69) is 4.98 Å². The summed E-state index contributed by atoms with van der Waals surface area (Å²) < 4.78 is 5.23. The molecule has 1 amide bonds. The third-order valence-corrected chi connectivity index (χ3v) is 3.20. The van der Waals surface area contributed by atoms with Gasteiger partial charge in [-0.15, -0.1) is 0 Å². The van der Waals surface area contributed by atoms with Gasteiger partial charge in [0.15, 0.2) is 0 Å². The lowest BCUT2D eigenvalue weighted by Gasteiger charge is -2.33. The Bertz CT molecular complexity index is 523. The van der Waals surface area contributed by atoms with Crippen LogP contribution in [0.3, 0.4) is 0 Å². The number of rotatable bonds is 2. The van der Waals surface area contributed by atoms with E-state index in [1.807, 2.05) is 6.92 Å². The van der Waals surface area contributed by atoms with Gasteiger partial charge < -0.3 is 9.64 Å². The van der Waals surface area contributed by atoms with E-state index in [4.69, 9.17) is 16.3 Å². The van der Waals surface area contributed by atoms with Gasteiger partial charge >= 0.3 is 5.69 Å². The quantitative estimate of drug-likeness (QED) is 0.467. The standard InChI is InChI=1S/C11H12ClN3O4/c1-7-6-19-5-4-14(7)11(16)8-2-3-13-10(12)9(8)15(17)18/h2-3,7H,4-6H2,1H3/t7-/m1/s1. The fourth-order valence-corrected chi connectivity index (χ4v) is 2.19. The van der Waals surface area contributed by atoms with E-state index in [1.165, 1.54) is 12.3 Å². The van der Waals surface area contributed by atoms with Gasteiger partial charge in [0.25, 0.3) is 5.91 Å². The molecule has 1 aliphatic heterocycles. The van der Waals surface area contributed by atoms with Crippen LogP contribution in [0, 0.1) is 10.1 Å². The van der Waals surface area contributed by atoms with Crippen molar-refractivity contribution in [1.82, 2.24) is 9.88 Å². The minimum absolute atomic E-state index is 0.0428. The smallest absolute Gasteiger partial charge is 0.319 e. The van der Waals surface area contributed by atoms with E-state index in [0.717, 1.165) is 0 Å². The van der Waals surface area contributed by atoms with Crippen molar-refractivity contribution in [3.05, 3.63) is 33.1 Å². The van der Waals surface area contributed by atoms with Crippen LogP contribution in [0.2, 0.25) is 5.15 Å². The van der Waals surface area contributed by atoms with Crippen molar-refractivity contribution in [2.75, 3.05) is 19.8 Å².